The van der Waals surface area contributed by atoms with Crippen molar-refractivity contribution >= 4 is 11.8 Å². The van der Waals surface area contributed by atoms with Crippen LogP contribution in [0.3, 0.4) is 0 Å². The molecule has 1 aromatic rings. The summed E-state index contributed by atoms with van der Waals surface area (Å²) in [4.78, 5) is 28.3. The summed E-state index contributed by atoms with van der Waals surface area (Å²) < 4.78 is 0. The molecular weight excluding hydrogens is 302 g/mol. The zero-order chi connectivity index (χ0) is 16.9. The molecule has 1 N–H and O–H groups in total. The van der Waals surface area contributed by atoms with Gasteiger partial charge in [-0.1, -0.05) is 18.6 Å². The molecule has 2 aliphatic heterocycles. The molecule has 0 saturated carbocycles. The van der Waals surface area contributed by atoms with E-state index in [4.69, 9.17) is 0 Å². The van der Waals surface area contributed by atoms with Gasteiger partial charge < -0.3 is 10.2 Å². The van der Waals surface area contributed by atoms with Crippen LogP contribution >= 0.6 is 0 Å². The fourth-order valence-corrected chi connectivity index (χ4v) is 3.58. The molecule has 2 aliphatic rings. The summed E-state index contributed by atoms with van der Waals surface area (Å²) in [7, 11) is 0. The van der Waals surface area contributed by atoms with Crippen molar-refractivity contribution in [2.45, 2.75) is 45.2 Å². The second kappa shape index (κ2) is 7.79. The number of benzene rings is 1. The van der Waals surface area contributed by atoms with Crippen molar-refractivity contribution in [3.05, 3.63) is 35.4 Å². The zero-order valence-corrected chi connectivity index (χ0v) is 14.5. The lowest BCUT2D eigenvalue weighted by Crippen LogP contribution is -2.37. The van der Waals surface area contributed by atoms with Gasteiger partial charge in [0.15, 0.2) is 0 Å². The molecule has 24 heavy (non-hydrogen) atoms. The first-order valence-electron chi connectivity index (χ1n) is 9.05. The Kier molecular flexibility index (Phi) is 5.51. The lowest BCUT2D eigenvalue weighted by atomic mass is 10.1. The van der Waals surface area contributed by atoms with Gasteiger partial charge in [-0.15, -0.1) is 0 Å². The molecular formula is C19H27N3O2. The second-order valence-electron chi connectivity index (χ2n) is 6.84. The number of hydrogen-bond acceptors (Lipinski definition) is 3. The van der Waals surface area contributed by atoms with E-state index in [1.54, 1.807) is 4.90 Å². The Morgan fingerprint density at radius 1 is 1.17 bits per heavy atom. The van der Waals surface area contributed by atoms with E-state index < -0.39 is 0 Å². The summed E-state index contributed by atoms with van der Waals surface area (Å²) in [6, 6.07) is 7.80. The molecule has 0 radical (unpaired) electrons. The van der Waals surface area contributed by atoms with Gasteiger partial charge in [0.05, 0.1) is 6.04 Å². The van der Waals surface area contributed by atoms with Crippen LogP contribution in [0.1, 0.15) is 48.5 Å². The molecule has 2 fully saturated rings. The second-order valence-corrected chi connectivity index (χ2v) is 6.84. The number of carbonyl (C=O) groups is 2. The first kappa shape index (κ1) is 17.0. The van der Waals surface area contributed by atoms with Crippen molar-refractivity contribution in [3.8, 4) is 0 Å². The third-order valence-electron chi connectivity index (χ3n) is 5.00. The third kappa shape index (κ3) is 4.15. The Bertz CT molecular complexity index is 579. The Morgan fingerprint density at radius 2 is 1.88 bits per heavy atom. The zero-order valence-electron chi connectivity index (χ0n) is 14.5. The van der Waals surface area contributed by atoms with Crippen LogP contribution in [0, 0.1) is 0 Å². The van der Waals surface area contributed by atoms with Crippen molar-refractivity contribution in [2.24, 2.45) is 0 Å². The summed E-state index contributed by atoms with van der Waals surface area (Å²) in [6.45, 7) is 6.59. The summed E-state index contributed by atoms with van der Waals surface area (Å²) in [5.41, 5.74) is 1.92. The van der Waals surface area contributed by atoms with E-state index in [0.29, 0.717) is 25.1 Å². The SMILES string of the molecule is CCN1C[C@H](NC(=O)c2ccc(CN3CCCCC3)cc2)CC1=O. The largest absolute Gasteiger partial charge is 0.347 e. The van der Waals surface area contributed by atoms with Crippen LogP contribution in [-0.2, 0) is 11.3 Å². The molecule has 2 saturated heterocycles. The van der Waals surface area contributed by atoms with E-state index in [1.807, 2.05) is 31.2 Å². The monoisotopic (exact) mass is 329 g/mol. The van der Waals surface area contributed by atoms with E-state index in [2.05, 4.69) is 10.2 Å². The average molecular weight is 329 g/mol. The number of hydrogen-bond donors (Lipinski definition) is 1. The molecule has 0 aliphatic carbocycles. The van der Waals surface area contributed by atoms with Gasteiger partial charge in [-0.2, -0.15) is 0 Å². The molecule has 2 amide bonds. The van der Waals surface area contributed by atoms with Gasteiger partial charge in [-0.25, -0.2) is 0 Å². The molecule has 5 nitrogen and oxygen atoms in total. The number of nitrogens with zero attached hydrogens (tertiary/aromatic N) is 2. The molecule has 2 heterocycles. The van der Waals surface area contributed by atoms with Crippen LogP contribution in [0.2, 0.25) is 0 Å². The average Bonchev–Trinajstić information content (AvgIpc) is 2.96. The lowest BCUT2D eigenvalue weighted by molar-refractivity contribution is -0.127. The van der Waals surface area contributed by atoms with Crippen LogP contribution in [-0.4, -0.2) is 53.8 Å². The quantitative estimate of drug-likeness (QED) is 0.899. The summed E-state index contributed by atoms with van der Waals surface area (Å²) in [6.07, 6.45) is 4.33. The van der Waals surface area contributed by atoms with Crippen LogP contribution < -0.4 is 5.32 Å². The number of piperidine rings is 1. The Balaban J connectivity index is 1.53. The van der Waals surface area contributed by atoms with Crippen LogP contribution in [0.25, 0.3) is 0 Å². The number of likely N-dealkylation sites (N-methyl/N-ethyl adjacent to an activating group) is 1. The first-order valence-corrected chi connectivity index (χ1v) is 9.05. The molecule has 0 spiro atoms. The molecule has 3 rings (SSSR count). The highest BCUT2D eigenvalue weighted by Crippen LogP contribution is 2.15. The van der Waals surface area contributed by atoms with Gasteiger partial charge in [-0.05, 0) is 50.6 Å². The minimum atomic E-state index is -0.0877. The molecule has 0 unspecified atom stereocenters. The van der Waals surface area contributed by atoms with Gasteiger partial charge in [0, 0.05) is 31.6 Å². The maximum atomic E-state index is 12.4. The standard InChI is InChI=1S/C19H27N3O2/c1-2-22-14-17(12-18(22)23)20-19(24)16-8-6-15(7-9-16)13-21-10-4-3-5-11-21/h6-9,17H,2-5,10-14H2,1H3,(H,20,24)/t17-/m1/s1. The number of nitrogens with one attached hydrogen (secondary N) is 1. The third-order valence-corrected chi connectivity index (χ3v) is 5.00. The van der Waals surface area contributed by atoms with Gasteiger partial charge in [-0.3, -0.25) is 14.5 Å². The Morgan fingerprint density at radius 3 is 2.50 bits per heavy atom. The molecule has 1 aromatic carbocycles. The van der Waals surface area contributed by atoms with E-state index in [1.165, 1.54) is 37.9 Å². The predicted molar refractivity (Wildman–Crippen MR) is 93.7 cm³/mol. The molecule has 130 valence electrons. The Hall–Kier alpha value is -1.88. The molecule has 1 atom stereocenters. The Labute approximate surface area is 144 Å². The highest BCUT2D eigenvalue weighted by molar-refractivity contribution is 5.95. The summed E-state index contributed by atoms with van der Waals surface area (Å²) in [5.74, 6) is 0.0370. The van der Waals surface area contributed by atoms with E-state index in [0.717, 1.165) is 6.54 Å². The fourth-order valence-electron chi connectivity index (χ4n) is 3.58. The first-order chi connectivity index (χ1) is 11.7. The maximum Gasteiger partial charge on any atom is 0.251 e. The smallest absolute Gasteiger partial charge is 0.251 e. The highest BCUT2D eigenvalue weighted by Gasteiger charge is 2.29. The van der Waals surface area contributed by atoms with Crippen LogP contribution in [0.4, 0.5) is 0 Å². The number of likely N-dealkylation sites (tertiary alicyclic amines) is 2. The summed E-state index contributed by atoms with van der Waals surface area (Å²) >= 11 is 0. The maximum absolute atomic E-state index is 12.4. The van der Waals surface area contributed by atoms with Gasteiger partial charge in [0.2, 0.25) is 5.91 Å². The molecule has 0 bridgehead atoms. The number of amides is 2. The van der Waals surface area contributed by atoms with Crippen molar-refractivity contribution < 1.29 is 9.59 Å². The summed E-state index contributed by atoms with van der Waals surface area (Å²) in [5, 5.41) is 2.98. The molecule has 0 aromatic heterocycles. The predicted octanol–water partition coefficient (Wildman–Crippen LogP) is 2.02. The van der Waals surface area contributed by atoms with Crippen molar-refractivity contribution in [3.63, 3.8) is 0 Å². The van der Waals surface area contributed by atoms with E-state index in [9.17, 15) is 9.59 Å². The van der Waals surface area contributed by atoms with E-state index >= 15 is 0 Å². The lowest BCUT2D eigenvalue weighted by Gasteiger charge is -2.26. The van der Waals surface area contributed by atoms with Crippen LogP contribution in [0.5, 0.6) is 0 Å². The van der Waals surface area contributed by atoms with Crippen molar-refractivity contribution in [2.75, 3.05) is 26.2 Å². The van der Waals surface area contributed by atoms with Crippen molar-refractivity contribution in [1.29, 1.82) is 0 Å². The highest BCUT2D eigenvalue weighted by atomic mass is 16.2. The van der Waals surface area contributed by atoms with E-state index in [-0.39, 0.29) is 17.9 Å². The van der Waals surface area contributed by atoms with Gasteiger partial charge >= 0.3 is 0 Å². The fraction of sp³-hybridized carbons (Fsp3) is 0.579. The topological polar surface area (TPSA) is 52.7 Å². The number of rotatable bonds is 5. The van der Waals surface area contributed by atoms with Gasteiger partial charge in [0.25, 0.3) is 5.91 Å². The van der Waals surface area contributed by atoms with Crippen LogP contribution in [0.15, 0.2) is 24.3 Å². The van der Waals surface area contributed by atoms with Crippen molar-refractivity contribution in [1.82, 2.24) is 15.1 Å². The normalized spacial score (nSPS) is 22.0. The molecule has 5 heteroatoms. The number of carbonyl (C=O) groups excluding carboxylic acids is 2. The minimum absolute atomic E-state index is 0.0713. The van der Waals surface area contributed by atoms with Gasteiger partial charge in [0.1, 0.15) is 0 Å². The minimum Gasteiger partial charge on any atom is -0.347 e.